The van der Waals surface area contributed by atoms with Gasteiger partial charge in [0.25, 0.3) is 0 Å². The van der Waals surface area contributed by atoms with Crippen molar-refractivity contribution in [3.63, 3.8) is 0 Å². The molecule has 1 aromatic heterocycles. The van der Waals surface area contributed by atoms with Crippen LogP contribution >= 0.6 is 15.9 Å². The van der Waals surface area contributed by atoms with Gasteiger partial charge >= 0.3 is 0 Å². The number of Topliss-reactive ketones (excluding diaryl/α,β-unsaturated/α-hetero) is 1. The van der Waals surface area contributed by atoms with Crippen molar-refractivity contribution in [2.45, 2.75) is 0 Å². The maximum atomic E-state index is 12.1. The summed E-state index contributed by atoms with van der Waals surface area (Å²) in [6, 6.07) is 17.0. The van der Waals surface area contributed by atoms with Gasteiger partial charge in [-0.1, -0.05) is 30.3 Å². The molecule has 0 saturated heterocycles. The van der Waals surface area contributed by atoms with Crippen molar-refractivity contribution in [3.8, 4) is 0 Å². The predicted octanol–water partition coefficient (Wildman–Crippen LogP) is 4.49. The highest BCUT2D eigenvalue weighted by Crippen LogP contribution is 2.22. The number of carbonyl (C=O) groups excluding carboxylic acids is 1. The predicted molar refractivity (Wildman–Crippen MR) is 83.2 cm³/mol. The molecule has 3 aromatic rings. The number of hydrogen-bond donors (Lipinski definition) is 1. The summed E-state index contributed by atoms with van der Waals surface area (Å²) in [6.07, 6.45) is 0. The number of hydrogen-bond acceptors (Lipinski definition) is 3. The highest BCUT2D eigenvalue weighted by Gasteiger charge is 2.12. The molecule has 100 valence electrons. The van der Waals surface area contributed by atoms with E-state index in [1.54, 1.807) is 6.07 Å². The van der Waals surface area contributed by atoms with E-state index in [0.717, 1.165) is 21.1 Å². The number of carbonyl (C=O) groups is 1. The van der Waals surface area contributed by atoms with Crippen LogP contribution in [0.4, 0.5) is 5.69 Å². The Kier molecular flexibility index (Phi) is 3.56. The average molecular weight is 330 g/mol. The van der Waals surface area contributed by atoms with Crippen LogP contribution in [0.3, 0.4) is 0 Å². The van der Waals surface area contributed by atoms with Gasteiger partial charge < -0.3 is 9.73 Å². The second-order valence-electron chi connectivity index (χ2n) is 4.41. The maximum absolute atomic E-state index is 12.1. The monoisotopic (exact) mass is 329 g/mol. The summed E-state index contributed by atoms with van der Waals surface area (Å²) in [5.41, 5.74) is 1.62. The Bertz CT molecular complexity index is 731. The molecule has 0 bridgehead atoms. The lowest BCUT2D eigenvalue weighted by Gasteiger charge is -2.06. The Morgan fingerprint density at radius 3 is 2.65 bits per heavy atom. The standard InChI is InChI=1S/C16H12BrNO2/c17-12-6-2-3-7-13(12)18-10-14(19)16-9-11-5-1-4-8-15(11)20-16/h1-9,18H,10H2. The van der Waals surface area contributed by atoms with Crippen LogP contribution in [-0.2, 0) is 0 Å². The molecule has 0 saturated carbocycles. The molecule has 20 heavy (non-hydrogen) atoms. The SMILES string of the molecule is O=C(CNc1ccccc1Br)c1cc2ccccc2o1. The normalized spacial score (nSPS) is 10.7. The summed E-state index contributed by atoms with van der Waals surface area (Å²) >= 11 is 3.43. The van der Waals surface area contributed by atoms with E-state index in [2.05, 4.69) is 21.2 Å². The number of fused-ring (bicyclic) bond motifs is 1. The fourth-order valence-corrected chi connectivity index (χ4v) is 2.41. The first-order chi connectivity index (χ1) is 9.74. The van der Waals surface area contributed by atoms with Gasteiger partial charge in [-0.25, -0.2) is 0 Å². The molecule has 2 aromatic carbocycles. The Balaban J connectivity index is 1.75. The number of anilines is 1. The topological polar surface area (TPSA) is 42.2 Å². The number of nitrogens with one attached hydrogen (secondary N) is 1. The third kappa shape index (κ3) is 2.60. The third-order valence-electron chi connectivity index (χ3n) is 3.01. The number of benzene rings is 2. The molecular weight excluding hydrogens is 318 g/mol. The van der Waals surface area contributed by atoms with E-state index in [-0.39, 0.29) is 12.3 Å². The summed E-state index contributed by atoms with van der Waals surface area (Å²) in [5, 5.41) is 4.04. The maximum Gasteiger partial charge on any atom is 0.216 e. The molecule has 1 heterocycles. The van der Waals surface area contributed by atoms with Crippen molar-refractivity contribution in [1.82, 2.24) is 0 Å². The minimum Gasteiger partial charge on any atom is -0.453 e. The van der Waals surface area contributed by atoms with Gasteiger partial charge in [0, 0.05) is 15.5 Å². The highest BCUT2D eigenvalue weighted by molar-refractivity contribution is 9.10. The van der Waals surface area contributed by atoms with Crippen LogP contribution in [0.5, 0.6) is 0 Å². The minimum absolute atomic E-state index is 0.0723. The van der Waals surface area contributed by atoms with Crippen molar-refractivity contribution in [2.24, 2.45) is 0 Å². The third-order valence-corrected chi connectivity index (χ3v) is 3.71. The molecule has 0 amide bonds. The first-order valence-electron chi connectivity index (χ1n) is 6.24. The van der Waals surface area contributed by atoms with Gasteiger partial charge in [0.15, 0.2) is 5.76 Å². The average Bonchev–Trinajstić information content (AvgIpc) is 2.90. The molecule has 3 nitrogen and oxygen atoms in total. The number of furan rings is 1. The van der Waals surface area contributed by atoms with Crippen LogP contribution in [0.2, 0.25) is 0 Å². The smallest absolute Gasteiger partial charge is 0.216 e. The van der Waals surface area contributed by atoms with E-state index in [0.29, 0.717) is 5.76 Å². The molecule has 0 radical (unpaired) electrons. The van der Waals surface area contributed by atoms with E-state index in [9.17, 15) is 4.79 Å². The summed E-state index contributed by atoms with van der Waals surface area (Å²) in [4.78, 5) is 12.1. The van der Waals surface area contributed by atoms with Crippen LogP contribution < -0.4 is 5.32 Å². The Morgan fingerprint density at radius 2 is 1.85 bits per heavy atom. The Morgan fingerprint density at radius 1 is 1.10 bits per heavy atom. The van der Waals surface area contributed by atoms with Crippen LogP contribution in [-0.4, -0.2) is 12.3 Å². The van der Waals surface area contributed by atoms with Crippen LogP contribution in [0.15, 0.2) is 63.5 Å². The second-order valence-corrected chi connectivity index (χ2v) is 5.26. The fourth-order valence-electron chi connectivity index (χ4n) is 1.99. The number of halogens is 1. The zero-order chi connectivity index (χ0) is 13.9. The minimum atomic E-state index is -0.0723. The van der Waals surface area contributed by atoms with Gasteiger partial charge in [-0.05, 0) is 40.2 Å². The molecule has 0 unspecified atom stereocenters. The van der Waals surface area contributed by atoms with E-state index in [1.165, 1.54) is 0 Å². The molecule has 0 aliphatic rings. The largest absolute Gasteiger partial charge is 0.453 e. The van der Waals surface area contributed by atoms with E-state index < -0.39 is 0 Å². The quantitative estimate of drug-likeness (QED) is 0.717. The van der Waals surface area contributed by atoms with Crippen molar-refractivity contribution < 1.29 is 9.21 Å². The molecular formula is C16H12BrNO2. The van der Waals surface area contributed by atoms with Crippen molar-refractivity contribution in [1.29, 1.82) is 0 Å². The zero-order valence-electron chi connectivity index (χ0n) is 10.6. The zero-order valence-corrected chi connectivity index (χ0v) is 12.2. The van der Waals surface area contributed by atoms with Crippen molar-refractivity contribution >= 4 is 38.4 Å². The molecule has 3 rings (SSSR count). The summed E-state index contributed by atoms with van der Waals surface area (Å²) in [7, 11) is 0. The number of rotatable bonds is 4. The summed E-state index contributed by atoms with van der Waals surface area (Å²) in [6.45, 7) is 0.197. The van der Waals surface area contributed by atoms with E-state index in [4.69, 9.17) is 4.42 Å². The van der Waals surface area contributed by atoms with E-state index in [1.807, 2.05) is 48.5 Å². The lowest BCUT2D eigenvalue weighted by Crippen LogP contribution is -2.13. The summed E-state index contributed by atoms with van der Waals surface area (Å²) < 4.78 is 6.48. The lowest BCUT2D eigenvalue weighted by molar-refractivity contribution is 0.0982. The highest BCUT2D eigenvalue weighted by atomic mass is 79.9. The Labute approximate surface area is 124 Å². The molecule has 1 N–H and O–H groups in total. The summed E-state index contributed by atoms with van der Waals surface area (Å²) in [5.74, 6) is 0.308. The van der Waals surface area contributed by atoms with E-state index >= 15 is 0 Å². The molecule has 0 aliphatic heterocycles. The van der Waals surface area contributed by atoms with Crippen LogP contribution in [0.25, 0.3) is 11.0 Å². The molecule has 0 fully saturated rings. The van der Waals surface area contributed by atoms with Crippen LogP contribution in [0.1, 0.15) is 10.6 Å². The lowest BCUT2D eigenvalue weighted by atomic mass is 10.2. The fraction of sp³-hybridized carbons (Fsp3) is 0.0625. The number of ketones is 1. The first kappa shape index (κ1) is 12.9. The van der Waals surface area contributed by atoms with Gasteiger partial charge in [0.2, 0.25) is 5.78 Å². The Hall–Kier alpha value is -2.07. The van der Waals surface area contributed by atoms with Gasteiger partial charge in [-0.3, -0.25) is 4.79 Å². The van der Waals surface area contributed by atoms with Crippen molar-refractivity contribution in [3.05, 3.63) is 64.8 Å². The van der Waals surface area contributed by atoms with Gasteiger partial charge in [0.1, 0.15) is 5.58 Å². The first-order valence-corrected chi connectivity index (χ1v) is 7.03. The molecule has 4 heteroatoms. The molecule has 0 aliphatic carbocycles. The van der Waals surface area contributed by atoms with Gasteiger partial charge in [-0.2, -0.15) is 0 Å². The number of para-hydroxylation sites is 2. The van der Waals surface area contributed by atoms with Gasteiger partial charge in [-0.15, -0.1) is 0 Å². The molecule has 0 spiro atoms. The molecule has 0 atom stereocenters. The van der Waals surface area contributed by atoms with Crippen LogP contribution in [0, 0.1) is 0 Å². The van der Waals surface area contributed by atoms with Gasteiger partial charge in [0.05, 0.1) is 6.54 Å². The van der Waals surface area contributed by atoms with Crippen molar-refractivity contribution in [2.75, 3.05) is 11.9 Å². The second kappa shape index (κ2) is 5.51.